The van der Waals surface area contributed by atoms with Crippen molar-refractivity contribution < 1.29 is 9.90 Å². The van der Waals surface area contributed by atoms with Crippen LogP contribution in [0.1, 0.15) is 4.88 Å². The van der Waals surface area contributed by atoms with Gasteiger partial charge in [-0.25, -0.2) is 4.79 Å². The van der Waals surface area contributed by atoms with Crippen molar-refractivity contribution in [3.8, 4) is 16.5 Å². The van der Waals surface area contributed by atoms with Gasteiger partial charge in [0.15, 0.2) is 0 Å². The van der Waals surface area contributed by atoms with Gasteiger partial charge in [0.25, 0.3) is 0 Å². The van der Waals surface area contributed by atoms with Crippen molar-refractivity contribution in [1.29, 1.82) is 5.26 Å². The number of hydrogen-bond acceptors (Lipinski definition) is 4. The largest absolute Gasteiger partial charge is 0.478 e. The van der Waals surface area contributed by atoms with Crippen LogP contribution < -0.4 is 4.90 Å². The fourth-order valence-electron chi connectivity index (χ4n) is 1.84. The first-order valence-corrected chi connectivity index (χ1v) is 7.05. The summed E-state index contributed by atoms with van der Waals surface area (Å²) >= 11 is 1.41. The quantitative estimate of drug-likeness (QED) is 0.693. The highest BCUT2D eigenvalue weighted by molar-refractivity contribution is 7.16. The van der Waals surface area contributed by atoms with Crippen LogP contribution in [-0.4, -0.2) is 25.2 Å². The molecule has 4 nitrogen and oxygen atoms in total. The Labute approximate surface area is 127 Å². The third-order valence-electron chi connectivity index (χ3n) is 2.93. The lowest BCUT2D eigenvalue weighted by atomic mass is 10.1. The van der Waals surface area contributed by atoms with Crippen LogP contribution in [-0.2, 0) is 4.79 Å². The smallest absolute Gasteiger partial charge is 0.329 e. The van der Waals surface area contributed by atoms with E-state index in [1.165, 1.54) is 11.3 Å². The number of anilines is 1. The third-order valence-corrected chi connectivity index (χ3v) is 4.10. The first-order chi connectivity index (χ1) is 10.0. The minimum absolute atomic E-state index is 0.170. The van der Waals surface area contributed by atoms with Crippen LogP contribution in [0, 0.1) is 11.3 Å². The van der Waals surface area contributed by atoms with Crippen molar-refractivity contribution in [2.75, 3.05) is 19.0 Å². The van der Waals surface area contributed by atoms with E-state index in [0.717, 1.165) is 22.2 Å². The Bertz CT molecular complexity index is 721. The van der Waals surface area contributed by atoms with E-state index >= 15 is 0 Å². The fraction of sp³-hybridized carbons (Fsp3) is 0.125. The summed E-state index contributed by atoms with van der Waals surface area (Å²) in [6.07, 6.45) is 0.935. The average Bonchev–Trinajstić information content (AvgIpc) is 2.94. The molecule has 0 bridgehead atoms. The summed E-state index contributed by atoms with van der Waals surface area (Å²) < 4.78 is 0. The monoisotopic (exact) mass is 298 g/mol. The van der Waals surface area contributed by atoms with Crippen molar-refractivity contribution in [2.45, 2.75) is 0 Å². The number of rotatable bonds is 4. The number of thiophene rings is 1. The molecule has 0 spiro atoms. The van der Waals surface area contributed by atoms with E-state index in [-0.39, 0.29) is 5.57 Å². The number of nitrogens with zero attached hydrogens (tertiary/aromatic N) is 2. The predicted molar refractivity (Wildman–Crippen MR) is 85.3 cm³/mol. The number of aliphatic carboxylic acids is 1. The molecule has 0 fully saturated rings. The van der Waals surface area contributed by atoms with Crippen LogP contribution >= 0.6 is 11.3 Å². The zero-order chi connectivity index (χ0) is 15.4. The van der Waals surface area contributed by atoms with Crippen molar-refractivity contribution in [1.82, 2.24) is 0 Å². The molecule has 1 aromatic carbocycles. The van der Waals surface area contributed by atoms with E-state index in [0.29, 0.717) is 4.88 Å². The number of benzene rings is 1. The van der Waals surface area contributed by atoms with Crippen LogP contribution in [0.5, 0.6) is 0 Å². The lowest BCUT2D eigenvalue weighted by molar-refractivity contribution is -0.131. The lowest BCUT2D eigenvalue weighted by Crippen LogP contribution is -2.07. The second-order valence-electron chi connectivity index (χ2n) is 4.61. The van der Waals surface area contributed by atoms with Crippen molar-refractivity contribution in [3.63, 3.8) is 0 Å². The molecule has 0 saturated heterocycles. The maximum absolute atomic E-state index is 10.7. The molecule has 5 heteroatoms. The van der Waals surface area contributed by atoms with Crippen molar-refractivity contribution >= 4 is 28.6 Å². The number of carboxylic acid groups (broad SMARTS) is 1. The normalized spacial score (nSPS) is 11.0. The highest BCUT2D eigenvalue weighted by atomic mass is 32.1. The maximum atomic E-state index is 10.7. The Balaban J connectivity index is 2.32. The molecule has 0 radical (unpaired) electrons. The van der Waals surface area contributed by atoms with Gasteiger partial charge in [-0.2, -0.15) is 5.26 Å². The van der Waals surface area contributed by atoms with E-state index < -0.39 is 5.97 Å². The second-order valence-corrected chi connectivity index (χ2v) is 5.70. The molecule has 0 aliphatic carbocycles. The number of carbonyl (C=O) groups is 1. The molecule has 1 N–H and O–H groups in total. The molecule has 1 aromatic heterocycles. The zero-order valence-corrected chi connectivity index (χ0v) is 12.5. The summed E-state index contributed by atoms with van der Waals surface area (Å²) in [5.41, 5.74) is 2.33. The van der Waals surface area contributed by atoms with Gasteiger partial charge in [-0.1, -0.05) is 12.1 Å². The second kappa shape index (κ2) is 6.25. The topological polar surface area (TPSA) is 64.3 Å². The standard InChI is InChI=1S/C16H14N2O2S/c1-18(2)13-5-3-11(4-6-13)14-7-8-15(21-14)12(10-17)9-16(19)20/h3-9H,1-2H3,(H,19,20)/b12-9+. The van der Waals surface area contributed by atoms with Gasteiger partial charge >= 0.3 is 5.97 Å². The Morgan fingerprint density at radius 3 is 2.43 bits per heavy atom. The Morgan fingerprint density at radius 1 is 1.24 bits per heavy atom. The van der Waals surface area contributed by atoms with Gasteiger partial charge in [0.05, 0.1) is 5.57 Å². The Hall–Kier alpha value is -2.58. The van der Waals surface area contributed by atoms with Crippen molar-refractivity contribution in [3.05, 3.63) is 47.4 Å². The molecule has 0 atom stereocenters. The molecule has 0 saturated carbocycles. The van der Waals surface area contributed by atoms with Gasteiger partial charge in [0.2, 0.25) is 0 Å². The van der Waals surface area contributed by atoms with Crippen LogP contribution in [0.15, 0.2) is 42.5 Å². The molecule has 21 heavy (non-hydrogen) atoms. The SMILES string of the molecule is CN(C)c1ccc(-c2ccc(/C(C#N)=C/C(=O)O)s2)cc1. The molecule has 106 valence electrons. The summed E-state index contributed by atoms with van der Waals surface area (Å²) in [7, 11) is 3.96. The maximum Gasteiger partial charge on any atom is 0.329 e. The van der Waals surface area contributed by atoms with Gasteiger partial charge in [0, 0.05) is 35.6 Å². The number of carboxylic acids is 1. The van der Waals surface area contributed by atoms with E-state index in [4.69, 9.17) is 10.4 Å². The number of hydrogen-bond donors (Lipinski definition) is 1. The molecule has 1 heterocycles. The van der Waals surface area contributed by atoms with Gasteiger partial charge in [-0.05, 0) is 29.8 Å². The Kier molecular flexibility index (Phi) is 4.41. The van der Waals surface area contributed by atoms with Gasteiger partial charge in [-0.15, -0.1) is 11.3 Å². The van der Waals surface area contributed by atoms with Gasteiger partial charge in [0.1, 0.15) is 6.07 Å². The molecule has 2 aromatic rings. The molecule has 0 aliphatic heterocycles. The molecule has 0 unspecified atom stereocenters. The third kappa shape index (κ3) is 3.50. The lowest BCUT2D eigenvalue weighted by Gasteiger charge is -2.12. The molecular weight excluding hydrogens is 284 g/mol. The first kappa shape index (κ1) is 14.8. The minimum atomic E-state index is -1.11. The van der Waals surface area contributed by atoms with Crippen LogP contribution in [0.3, 0.4) is 0 Å². The summed E-state index contributed by atoms with van der Waals surface area (Å²) in [4.78, 5) is 14.4. The summed E-state index contributed by atoms with van der Waals surface area (Å²) in [5.74, 6) is -1.11. The molecular formula is C16H14N2O2S. The van der Waals surface area contributed by atoms with Crippen LogP contribution in [0.2, 0.25) is 0 Å². The zero-order valence-electron chi connectivity index (χ0n) is 11.7. The van der Waals surface area contributed by atoms with E-state index in [1.54, 1.807) is 6.07 Å². The Morgan fingerprint density at radius 2 is 1.90 bits per heavy atom. The van der Waals surface area contributed by atoms with Crippen LogP contribution in [0.25, 0.3) is 16.0 Å². The predicted octanol–water partition coefficient (Wildman–Crippen LogP) is 3.47. The average molecular weight is 298 g/mol. The first-order valence-electron chi connectivity index (χ1n) is 6.24. The highest BCUT2D eigenvalue weighted by Crippen LogP contribution is 2.32. The number of allylic oxidation sites excluding steroid dienone is 1. The van der Waals surface area contributed by atoms with Gasteiger partial charge in [-0.3, -0.25) is 0 Å². The molecule has 0 amide bonds. The van der Waals surface area contributed by atoms with Gasteiger partial charge < -0.3 is 10.0 Å². The van der Waals surface area contributed by atoms with E-state index in [9.17, 15) is 4.79 Å². The minimum Gasteiger partial charge on any atom is -0.478 e. The van der Waals surface area contributed by atoms with Crippen molar-refractivity contribution in [2.24, 2.45) is 0 Å². The summed E-state index contributed by atoms with van der Waals surface area (Å²) in [6, 6.07) is 13.7. The number of nitriles is 1. The highest BCUT2D eigenvalue weighted by Gasteiger charge is 2.08. The fourth-order valence-corrected chi connectivity index (χ4v) is 2.82. The van der Waals surface area contributed by atoms with Crippen LogP contribution in [0.4, 0.5) is 5.69 Å². The summed E-state index contributed by atoms with van der Waals surface area (Å²) in [5, 5.41) is 17.8. The molecule has 0 aliphatic rings. The molecule has 2 rings (SSSR count). The summed E-state index contributed by atoms with van der Waals surface area (Å²) in [6.45, 7) is 0. The van der Waals surface area contributed by atoms with E-state index in [2.05, 4.69) is 0 Å². The van der Waals surface area contributed by atoms with E-state index in [1.807, 2.05) is 55.4 Å².